The van der Waals surface area contributed by atoms with Gasteiger partial charge >= 0.3 is 6.18 Å². The highest BCUT2D eigenvalue weighted by atomic mass is 19.4. The zero-order chi connectivity index (χ0) is 32.4. The van der Waals surface area contributed by atoms with E-state index in [1.54, 1.807) is 18.2 Å². The summed E-state index contributed by atoms with van der Waals surface area (Å²) in [5.41, 5.74) is 2.49. The third-order valence-corrected chi connectivity index (χ3v) is 7.20. The molecule has 1 heterocycles. The van der Waals surface area contributed by atoms with Gasteiger partial charge < -0.3 is 19.9 Å². The van der Waals surface area contributed by atoms with Crippen LogP contribution < -0.4 is 14.8 Å². The van der Waals surface area contributed by atoms with Crippen LogP contribution >= 0.6 is 0 Å². The molecule has 0 saturated heterocycles. The number of ether oxygens (including phenoxy) is 2. The molecule has 5 rings (SSSR count). The Labute approximate surface area is 265 Å². The lowest BCUT2D eigenvalue weighted by Gasteiger charge is -2.25. The van der Waals surface area contributed by atoms with Crippen LogP contribution in [0.15, 0.2) is 115 Å². The monoisotopic (exact) mass is 629 g/mol. The second-order valence-corrected chi connectivity index (χ2v) is 10.8. The number of pyridine rings is 1. The van der Waals surface area contributed by atoms with E-state index in [1.165, 1.54) is 12.3 Å². The Balaban J connectivity index is 1.22. The summed E-state index contributed by atoms with van der Waals surface area (Å²) in [7, 11) is 0. The van der Waals surface area contributed by atoms with Crippen LogP contribution in [0, 0.1) is 0 Å². The summed E-state index contributed by atoms with van der Waals surface area (Å²) < 4.78 is 49.7. The first-order valence-corrected chi connectivity index (χ1v) is 14.9. The smallest absolute Gasteiger partial charge is 0.405 e. The molecule has 0 saturated carbocycles. The van der Waals surface area contributed by atoms with E-state index in [0.717, 1.165) is 17.5 Å². The number of amides is 1. The third-order valence-electron chi connectivity index (χ3n) is 7.20. The number of carbonyl (C=O) groups is 1. The highest BCUT2D eigenvalue weighted by Crippen LogP contribution is 2.30. The number of hydrogen-bond acceptors (Lipinski definition) is 6. The van der Waals surface area contributed by atoms with Crippen molar-refractivity contribution in [2.24, 2.45) is 0 Å². The number of aliphatic hydroxyl groups excluding tert-OH is 1. The molecule has 1 atom stereocenters. The fraction of sp³-hybridized carbons (Fsp3) is 0.222. The number of halogens is 3. The lowest BCUT2D eigenvalue weighted by atomic mass is 10.1. The summed E-state index contributed by atoms with van der Waals surface area (Å²) >= 11 is 0. The van der Waals surface area contributed by atoms with Gasteiger partial charge in [-0.05, 0) is 60.0 Å². The zero-order valence-corrected chi connectivity index (χ0v) is 25.0. The van der Waals surface area contributed by atoms with Crippen LogP contribution in [0.3, 0.4) is 0 Å². The van der Waals surface area contributed by atoms with Gasteiger partial charge in [0.25, 0.3) is 5.91 Å². The fourth-order valence-corrected chi connectivity index (χ4v) is 4.97. The van der Waals surface area contributed by atoms with Crippen LogP contribution in [0.5, 0.6) is 17.2 Å². The average Bonchev–Trinajstić information content (AvgIpc) is 3.06. The van der Waals surface area contributed by atoms with Crippen molar-refractivity contribution in [3.8, 4) is 17.2 Å². The SMILES string of the molecule is O=C(NCC(F)(F)F)c1cccc2c(Oc3ccc(CCN(Cc4ccccc4)CC(O)COc4ccccc4)cc3)ccnc12. The molecular weight excluding hydrogens is 595 g/mol. The van der Waals surface area contributed by atoms with E-state index in [0.29, 0.717) is 42.3 Å². The van der Waals surface area contributed by atoms with Crippen molar-refractivity contribution in [1.29, 1.82) is 0 Å². The second-order valence-electron chi connectivity index (χ2n) is 10.8. The molecule has 0 aliphatic heterocycles. The van der Waals surface area contributed by atoms with Gasteiger partial charge in [0.2, 0.25) is 0 Å². The van der Waals surface area contributed by atoms with Gasteiger partial charge in [0, 0.05) is 31.2 Å². The van der Waals surface area contributed by atoms with Crippen LogP contribution in [0.25, 0.3) is 10.9 Å². The van der Waals surface area contributed by atoms with Crippen LogP contribution in [0.4, 0.5) is 13.2 Å². The first-order chi connectivity index (χ1) is 22.2. The predicted molar refractivity (Wildman–Crippen MR) is 170 cm³/mol. The summed E-state index contributed by atoms with van der Waals surface area (Å²) in [4.78, 5) is 18.9. The quantitative estimate of drug-likeness (QED) is 0.141. The molecule has 0 bridgehead atoms. The van der Waals surface area contributed by atoms with E-state index >= 15 is 0 Å². The number of nitrogens with zero attached hydrogens (tertiary/aromatic N) is 2. The Morgan fingerprint density at radius 2 is 1.57 bits per heavy atom. The minimum atomic E-state index is -4.52. The number of hydrogen-bond donors (Lipinski definition) is 2. The van der Waals surface area contributed by atoms with Crippen LogP contribution in [-0.4, -0.2) is 59.4 Å². The van der Waals surface area contributed by atoms with Crippen LogP contribution in [0.2, 0.25) is 0 Å². The number of aromatic nitrogens is 1. The van der Waals surface area contributed by atoms with Gasteiger partial charge in [-0.25, -0.2) is 0 Å². The number of carbonyl (C=O) groups excluding carboxylic acids is 1. The minimum Gasteiger partial charge on any atom is -0.491 e. The number of fused-ring (bicyclic) bond motifs is 1. The molecule has 10 heteroatoms. The van der Waals surface area contributed by atoms with E-state index in [4.69, 9.17) is 9.47 Å². The molecule has 0 fully saturated rings. The van der Waals surface area contributed by atoms with Crippen molar-refractivity contribution >= 4 is 16.8 Å². The molecule has 0 radical (unpaired) electrons. The molecule has 1 aromatic heterocycles. The van der Waals surface area contributed by atoms with Crippen molar-refractivity contribution in [3.05, 3.63) is 132 Å². The predicted octanol–water partition coefficient (Wildman–Crippen LogP) is 6.80. The lowest BCUT2D eigenvalue weighted by Crippen LogP contribution is -2.36. The Bertz CT molecular complexity index is 1700. The van der Waals surface area contributed by atoms with Crippen molar-refractivity contribution in [1.82, 2.24) is 15.2 Å². The molecule has 2 N–H and O–H groups in total. The molecule has 238 valence electrons. The Kier molecular flexibility index (Phi) is 10.9. The van der Waals surface area contributed by atoms with E-state index < -0.39 is 24.7 Å². The highest BCUT2D eigenvalue weighted by Gasteiger charge is 2.28. The summed E-state index contributed by atoms with van der Waals surface area (Å²) in [6, 6.07) is 33.5. The number of alkyl halides is 3. The van der Waals surface area contributed by atoms with Gasteiger partial charge in [0.1, 0.15) is 36.5 Å². The van der Waals surface area contributed by atoms with Crippen molar-refractivity contribution in [2.45, 2.75) is 25.2 Å². The number of benzene rings is 4. The summed E-state index contributed by atoms with van der Waals surface area (Å²) in [5, 5.41) is 13.2. The lowest BCUT2D eigenvalue weighted by molar-refractivity contribution is -0.123. The van der Waals surface area contributed by atoms with E-state index in [9.17, 15) is 23.1 Å². The molecule has 0 aliphatic carbocycles. The number of rotatable bonds is 14. The van der Waals surface area contributed by atoms with Gasteiger partial charge in [0.05, 0.1) is 11.1 Å². The molecule has 0 spiro atoms. The van der Waals surface area contributed by atoms with Gasteiger partial charge in [-0.1, -0.05) is 66.7 Å². The average molecular weight is 630 g/mol. The van der Waals surface area contributed by atoms with Crippen LogP contribution in [-0.2, 0) is 13.0 Å². The fourth-order valence-electron chi connectivity index (χ4n) is 4.97. The number of aliphatic hydroxyl groups is 1. The van der Waals surface area contributed by atoms with Crippen molar-refractivity contribution in [2.75, 3.05) is 26.2 Å². The zero-order valence-electron chi connectivity index (χ0n) is 25.0. The van der Waals surface area contributed by atoms with E-state index in [2.05, 4.69) is 22.0 Å². The third kappa shape index (κ3) is 9.53. The first kappa shape index (κ1) is 32.5. The largest absolute Gasteiger partial charge is 0.491 e. The van der Waals surface area contributed by atoms with Crippen molar-refractivity contribution < 1.29 is 32.5 Å². The van der Waals surface area contributed by atoms with Crippen molar-refractivity contribution in [3.63, 3.8) is 0 Å². The highest BCUT2D eigenvalue weighted by molar-refractivity contribution is 6.06. The molecular formula is C36H34F3N3O4. The molecule has 1 unspecified atom stereocenters. The molecule has 46 heavy (non-hydrogen) atoms. The topological polar surface area (TPSA) is 83.9 Å². The maximum Gasteiger partial charge on any atom is 0.405 e. The molecule has 5 aromatic rings. The van der Waals surface area contributed by atoms with E-state index in [-0.39, 0.29) is 17.7 Å². The van der Waals surface area contributed by atoms with E-state index in [1.807, 2.05) is 78.1 Å². The summed E-state index contributed by atoms with van der Waals surface area (Å²) in [6.07, 6.45) is -3.01. The van der Waals surface area contributed by atoms with Gasteiger partial charge in [0.15, 0.2) is 0 Å². The Hall–Kier alpha value is -4.93. The second kappa shape index (κ2) is 15.4. The summed E-state index contributed by atoms with van der Waals surface area (Å²) in [5.74, 6) is 0.821. The number of nitrogens with one attached hydrogen (secondary N) is 1. The molecule has 4 aromatic carbocycles. The standard InChI is InChI=1S/C36H34F3N3O4/c37-36(38,39)25-41-35(44)32-13-7-12-31-33(18-20-40-34(31)32)46-30-16-14-26(15-17-30)19-21-42(22-27-8-3-1-4-9-27)23-28(43)24-45-29-10-5-2-6-11-29/h1-18,20,28,43H,19,21-25H2,(H,41,44). The molecule has 7 nitrogen and oxygen atoms in total. The van der Waals surface area contributed by atoms with Gasteiger partial charge in [-0.3, -0.25) is 14.7 Å². The summed E-state index contributed by atoms with van der Waals surface area (Å²) in [6.45, 7) is 0.568. The van der Waals surface area contributed by atoms with Gasteiger partial charge in [-0.2, -0.15) is 13.2 Å². The van der Waals surface area contributed by atoms with Gasteiger partial charge in [-0.15, -0.1) is 0 Å². The first-order valence-electron chi connectivity index (χ1n) is 14.9. The molecule has 1 amide bonds. The maximum absolute atomic E-state index is 12.6. The Morgan fingerprint density at radius 1 is 0.848 bits per heavy atom. The Morgan fingerprint density at radius 3 is 2.28 bits per heavy atom. The number of para-hydroxylation sites is 2. The van der Waals surface area contributed by atoms with Crippen LogP contribution in [0.1, 0.15) is 21.5 Å². The normalized spacial score (nSPS) is 12.2. The maximum atomic E-state index is 12.6. The minimum absolute atomic E-state index is 0.0272. The molecule has 0 aliphatic rings.